The Kier molecular flexibility index (Phi) is 5.99. The fraction of sp³-hybridized carbons (Fsp3) is 0.333. The Morgan fingerprint density at radius 3 is 2.19 bits per heavy atom. The monoisotopic (exact) mass is 513 g/mol. The molecule has 1 amide bonds. The maximum atomic E-state index is 13.9. The van der Waals surface area contributed by atoms with Gasteiger partial charge in [0.05, 0.1) is 12.2 Å². The van der Waals surface area contributed by atoms with E-state index in [1.165, 1.54) is 16.1 Å². The van der Waals surface area contributed by atoms with Gasteiger partial charge in [-0.3, -0.25) is 14.4 Å². The molecule has 12 heteroatoms. The number of rotatable bonds is 7. The van der Waals surface area contributed by atoms with Crippen LogP contribution in [0.4, 0.5) is 0 Å². The maximum Gasteiger partial charge on any atom is 0.330 e. The van der Waals surface area contributed by atoms with Gasteiger partial charge in [0.25, 0.3) is 10.1 Å². The summed E-state index contributed by atoms with van der Waals surface area (Å²) in [4.78, 5) is 27.8. The van der Waals surface area contributed by atoms with Crippen LogP contribution >= 0.6 is 0 Å². The Labute approximate surface area is 208 Å². The molecule has 4 atom stereocenters. The summed E-state index contributed by atoms with van der Waals surface area (Å²) < 4.78 is 41.4. The molecule has 2 aromatic rings. The minimum Gasteiger partial charge on any atom is -0.451 e. The number of nitrogens with zero attached hydrogens (tertiary/aromatic N) is 3. The van der Waals surface area contributed by atoms with E-state index in [0.717, 1.165) is 16.2 Å². The zero-order valence-electron chi connectivity index (χ0n) is 19.5. The van der Waals surface area contributed by atoms with Gasteiger partial charge in [0.15, 0.2) is 6.10 Å². The van der Waals surface area contributed by atoms with E-state index >= 15 is 0 Å². The second-order valence-corrected chi connectivity index (χ2v) is 11.0. The molecule has 2 fully saturated rings. The molecular formula is C24H27N5O6S. The first kappa shape index (κ1) is 24.3. The lowest BCUT2D eigenvalue weighted by atomic mass is 9.80. The smallest absolute Gasteiger partial charge is 0.330 e. The zero-order chi connectivity index (χ0) is 25.7. The molecule has 0 aromatic heterocycles. The van der Waals surface area contributed by atoms with E-state index in [0.29, 0.717) is 0 Å². The molecule has 3 aliphatic rings. The minimum absolute atomic E-state index is 0.0525. The van der Waals surface area contributed by atoms with E-state index in [4.69, 9.17) is 10.6 Å². The predicted molar refractivity (Wildman–Crippen MR) is 128 cm³/mol. The molecule has 3 aliphatic heterocycles. The molecule has 190 valence electrons. The number of benzene rings is 2. The van der Waals surface area contributed by atoms with Crippen LogP contribution in [-0.2, 0) is 24.4 Å². The lowest BCUT2D eigenvalue weighted by Crippen LogP contribution is -2.58. The highest BCUT2D eigenvalue weighted by Gasteiger charge is 2.70. The van der Waals surface area contributed by atoms with Gasteiger partial charge in [0.1, 0.15) is 11.3 Å². The SMILES string of the molecule is C[C@@]1(CN2C=CN(N)N2)C(S(=O)(=O)O)C2CC(=O)N2[C@@H]1C(=O)OC(c1ccccc1)c1ccccc1. The summed E-state index contributed by atoms with van der Waals surface area (Å²) in [6.07, 6.45) is 2.21. The van der Waals surface area contributed by atoms with Crippen molar-refractivity contribution >= 4 is 22.0 Å². The van der Waals surface area contributed by atoms with Crippen molar-refractivity contribution in [2.45, 2.75) is 36.8 Å². The molecule has 11 nitrogen and oxygen atoms in total. The molecule has 0 radical (unpaired) electrons. The molecule has 3 heterocycles. The molecule has 36 heavy (non-hydrogen) atoms. The van der Waals surface area contributed by atoms with Crippen molar-refractivity contribution in [1.82, 2.24) is 20.6 Å². The highest BCUT2D eigenvalue weighted by Crippen LogP contribution is 2.51. The zero-order valence-corrected chi connectivity index (χ0v) is 20.3. The van der Waals surface area contributed by atoms with E-state index < -0.39 is 44.9 Å². The highest BCUT2D eigenvalue weighted by atomic mass is 32.2. The standard InChI is InChI=1S/C24H27N5O6S/c1-24(15-27-12-13-28(25)26-27)21(29-18(14-19(29)30)22(24)36(32,33)34)23(31)35-20(16-8-4-2-5-9-16)17-10-6-3-7-11-17/h2-13,18,20-22,26H,14-15,25H2,1H3,(H,32,33,34)/t18?,21-,22?,24+/m1/s1. The van der Waals surface area contributed by atoms with E-state index in [-0.39, 0.29) is 18.9 Å². The maximum absolute atomic E-state index is 13.9. The summed E-state index contributed by atoms with van der Waals surface area (Å²) in [5.41, 5.74) is 2.80. The van der Waals surface area contributed by atoms with Crippen molar-refractivity contribution in [2.75, 3.05) is 6.54 Å². The number of amides is 1. The quantitative estimate of drug-likeness (QED) is 0.212. The second-order valence-electron chi connectivity index (χ2n) is 9.49. The molecule has 4 N–H and O–H groups in total. The third kappa shape index (κ3) is 4.11. The van der Waals surface area contributed by atoms with E-state index in [2.05, 4.69) is 5.53 Å². The molecule has 0 bridgehead atoms. The molecule has 5 rings (SSSR count). The lowest BCUT2D eigenvalue weighted by molar-refractivity contribution is -0.166. The second kappa shape index (κ2) is 8.89. The van der Waals surface area contributed by atoms with Crippen LogP contribution in [0.25, 0.3) is 0 Å². The topological polar surface area (TPSA) is 146 Å². The number of β-lactam (4-membered cyclic amide) rings is 1. The molecule has 0 saturated carbocycles. The Morgan fingerprint density at radius 2 is 1.72 bits per heavy atom. The summed E-state index contributed by atoms with van der Waals surface area (Å²) in [5.74, 6) is 4.58. The number of nitrogens with one attached hydrogen (secondary N) is 1. The Balaban J connectivity index is 1.53. The molecule has 2 aromatic carbocycles. The average molecular weight is 514 g/mol. The number of nitrogens with two attached hydrogens (primary N) is 1. The lowest BCUT2D eigenvalue weighted by Gasteiger charge is -2.40. The molecule has 0 aliphatic carbocycles. The van der Waals surface area contributed by atoms with Crippen LogP contribution in [0.3, 0.4) is 0 Å². The first-order valence-electron chi connectivity index (χ1n) is 11.4. The number of hydrazine groups is 3. The third-order valence-corrected chi connectivity index (χ3v) is 8.57. The van der Waals surface area contributed by atoms with Crippen molar-refractivity contribution in [1.29, 1.82) is 0 Å². The van der Waals surface area contributed by atoms with Gasteiger partial charge >= 0.3 is 5.97 Å². The summed E-state index contributed by atoms with van der Waals surface area (Å²) in [7, 11) is -4.64. The molecule has 2 saturated heterocycles. The van der Waals surface area contributed by atoms with Gasteiger partial charge in [-0.05, 0) is 11.1 Å². The Bertz CT molecular complexity index is 1250. The highest BCUT2D eigenvalue weighted by molar-refractivity contribution is 7.86. The van der Waals surface area contributed by atoms with Gasteiger partial charge < -0.3 is 9.64 Å². The number of ether oxygens (including phenoxy) is 1. The van der Waals surface area contributed by atoms with Crippen molar-refractivity contribution in [2.24, 2.45) is 11.3 Å². The van der Waals surface area contributed by atoms with Crippen molar-refractivity contribution in [3.63, 3.8) is 0 Å². The molecule has 0 spiro atoms. The van der Waals surface area contributed by atoms with Gasteiger partial charge in [-0.2, -0.15) is 8.42 Å². The van der Waals surface area contributed by atoms with Crippen LogP contribution in [0.5, 0.6) is 0 Å². The van der Waals surface area contributed by atoms with Crippen molar-refractivity contribution in [3.05, 3.63) is 84.2 Å². The van der Waals surface area contributed by atoms with Crippen LogP contribution in [0.15, 0.2) is 73.1 Å². The van der Waals surface area contributed by atoms with Crippen LogP contribution in [0.2, 0.25) is 0 Å². The molecular weight excluding hydrogens is 486 g/mol. The first-order chi connectivity index (χ1) is 17.1. The van der Waals surface area contributed by atoms with Crippen molar-refractivity contribution in [3.8, 4) is 0 Å². The summed E-state index contributed by atoms with van der Waals surface area (Å²) in [5, 5.41) is 1.27. The normalized spacial score (nSPS) is 27.4. The number of carbonyl (C=O) groups is 2. The van der Waals surface area contributed by atoms with Gasteiger partial charge in [-0.1, -0.05) is 67.6 Å². The van der Waals surface area contributed by atoms with Gasteiger partial charge in [-0.25, -0.2) is 15.8 Å². The van der Waals surface area contributed by atoms with E-state index in [1.54, 1.807) is 13.1 Å². The van der Waals surface area contributed by atoms with Crippen molar-refractivity contribution < 1.29 is 27.3 Å². The van der Waals surface area contributed by atoms with Gasteiger partial charge in [0.2, 0.25) is 5.91 Å². The molecule has 2 unspecified atom stereocenters. The van der Waals surface area contributed by atoms with Crippen LogP contribution in [-0.4, -0.2) is 63.8 Å². The number of esters is 1. The van der Waals surface area contributed by atoms with Gasteiger partial charge in [-0.15, -0.1) is 5.53 Å². The fourth-order valence-corrected chi connectivity index (χ4v) is 7.15. The largest absolute Gasteiger partial charge is 0.451 e. The number of hydrogen-bond acceptors (Lipinski definition) is 9. The number of carbonyl (C=O) groups excluding carboxylic acids is 2. The van der Waals surface area contributed by atoms with E-state index in [9.17, 15) is 22.6 Å². The predicted octanol–water partition coefficient (Wildman–Crippen LogP) is 0.947. The summed E-state index contributed by atoms with van der Waals surface area (Å²) in [6.45, 7) is 1.51. The van der Waals surface area contributed by atoms with Gasteiger partial charge in [0, 0.05) is 24.6 Å². The number of hydrogen-bond donors (Lipinski definition) is 3. The summed E-state index contributed by atoms with van der Waals surface area (Å²) in [6, 6.07) is 16.2. The summed E-state index contributed by atoms with van der Waals surface area (Å²) >= 11 is 0. The minimum atomic E-state index is -4.64. The number of fused-ring (bicyclic) bond motifs is 1. The van der Waals surface area contributed by atoms with Crippen LogP contribution in [0.1, 0.15) is 30.6 Å². The van der Waals surface area contributed by atoms with Crippen LogP contribution < -0.4 is 11.4 Å². The Hall–Kier alpha value is -3.45. The Morgan fingerprint density at radius 1 is 1.14 bits per heavy atom. The fourth-order valence-electron chi connectivity index (χ4n) is 5.64. The van der Waals surface area contributed by atoms with E-state index in [1.807, 2.05) is 60.7 Å². The van der Waals surface area contributed by atoms with Crippen LogP contribution in [0, 0.1) is 5.41 Å². The first-order valence-corrected chi connectivity index (χ1v) is 12.9. The average Bonchev–Trinajstić information content (AvgIpc) is 3.33. The third-order valence-electron chi connectivity index (χ3n) is 7.08.